The maximum absolute atomic E-state index is 12.0. The summed E-state index contributed by atoms with van der Waals surface area (Å²) in [4.78, 5) is 12.0. The lowest BCUT2D eigenvalue weighted by molar-refractivity contribution is 0.0955. The molecule has 3 heteroatoms. The van der Waals surface area contributed by atoms with Crippen molar-refractivity contribution in [3.05, 3.63) is 76.4 Å². The fourth-order valence-corrected chi connectivity index (χ4v) is 1.99. The molecule has 0 spiro atoms. The van der Waals surface area contributed by atoms with Gasteiger partial charge in [0.1, 0.15) is 0 Å². The molecular formula is C19H20N2O. The summed E-state index contributed by atoms with van der Waals surface area (Å²) in [7, 11) is 0. The van der Waals surface area contributed by atoms with Gasteiger partial charge in [-0.3, -0.25) is 4.79 Å². The molecule has 0 atom stereocenters. The lowest BCUT2D eigenvalue weighted by Gasteiger charge is -2.03. The largest absolute Gasteiger partial charge is 0.271 e. The van der Waals surface area contributed by atoms with Crippen LogP contribution in [0.2, 0.25) is 0 Å². The topological polar surface area (TPSA) is 41.5 Å². The summed E-state index contributed by atoms with van der Waals surface area (Å²) in [5.41, 5.74) is 7.50. The average Bonchev–Trinajstić information content (AvgIpc) is 2.51. The van der Waals surface area contributed by atoms with Crippen molar-refractivity contribution in [1.29, 1.82) is 0 Å². The minimum atomic E-state index is -0.202. The van der Waals surface area contributed by atoms with Crippen molar-refractivity contribution in [2.45, 2.75) is 20.8 Å². The third kappa shape index (κ3) is 4.42. The van der Waals surface area contributed by atoms with Crippen molar-refractivity contribution < 1.29 is 4.79 Å². The third-order valence-corrected chi connectivity index (χ3v) is 3.40. The second-order valence-corrected chi connectivity index (χ2v) is 5.30. The first-order chi connectivity index (χ1) is 10.6. The Morgan fingerprint density at radius 1 is 1.05 bits per heavy atom. The molecule has 2 rings (SSSR count). The molecule has 3 nitrogen and oxygen atoms in total. The first-order valence-corrected chi connectivity index (χ1v) is 7.20. The lowest BCUT2D eigenvalue weighted by Crippen LogP contribution is -2.17. The standard InChI is InChI=1S/C19H20N2O/c1-14(11-17-7-5-4-6-8-17)13-20-21-19(22)18-10-9-15(2)16(3)12-18/h4-13H,1-3H3,(H,21,22)/b14-11+,20-13+. The normalized spacial score (nSPS) is 11.7. The smallest absolute Gasteiger partial charge is 0.267 e. The number of hydrazone groups is 1. The summed E-state index contributed by atoms with van der Waals surface area (Å²) in [6.45, 7) is 5.95. The van der Waals surface area contributed by atoms with E-state index in [0.717, 1.165) is 16.7 Å². The predicted molar refractivity (Wildman–Crippen MR) is 92.0 cm³/mol. The second-order valence-electron chi connectivity index (χ2n) is 5.30. The van der Waals surface area contributed by atoms with Crippen LogP contribution in [-0.4, -0.2) is 12.1 Å². The van der Waals surface area contributed by atoms with Crippen LogP contribution in [0.3, 0.4) is 0 Å². The number of nitrogens with one attached hydrogen (secondary N) is 1. The number of hydrogen-bond acceptors (Lipinski definition) is 2. The monoisotopic (exact) mass is 292 g/mol. The van der Waals surface area contributed by atoms with Gasteiger partial charge in [0.2, 0.25) is 0 Å². The SMILES string of the molecule is CC(/C=N/NC(=O)c1ccc(C)c(C)c1)=C\c1ccccc1. The minimum absolute atomic E-state index is 0.202. The molecule has 0 aliphatic rings. The number of amides is 1. The van der Waals surface area contributed by atoms with Gasteiger partial charge in [-0.05, 0) is 55.2 Å². The fourth-order valence-electron chi connectivity index (χ4n) is 1.99. The number of carbonyl (C=O) groups excluding carboxylic acids is 1. The third-order valence-electron chi connectivity index (χ3n) is 3.40. The van der Waals surface area contributed by atoms with Crippen LogP contribution in [0.4, 0.5) is 0 Å². The summed E-state index contributed by atoms with van der Waals surface area (Å²) in [6, 6.07) is 15.6. The maximum atomic E-state index is 12.0. The molecule has 2 aromatic rings. The number of nitrogens with zero attached hydrogens (tertiary/aromatic N) is 1. The Hall–Kier alpha value is -2.68. The molecule has 2 aromatic carbocycles. The van der Waals surface area contributed by atoms with Gasteiger partial charge in [-0.1, -0.05) is 42.5 Å². The predicted octanol–water partition coefficient (Wildman–Crippen LogP) is 4.12. The van der Waals surface area contributed by atoms with Crippen LogP contribution in [0.25, 0.3) is 6.08 Å². The Labute approximate surface area is 131 Å². The van der Waals surface area contributed by atoms with E-state index in [1.807, 2.05) is 69.3 Å². The van der Waals surface area contributed by atoms with Crippen molar-refractivity contribution in [1.82, 2.24) is 5.43 Å². The molecule has 0 saturated carbocycles. The van der Waals surface area contributed by atoms with Gasteiger partial charge in [0.15, 0.2) is 0 Å². The molecule has 1 amide bonds. The van der Waals surface area contributed by atoms with Crippen LogP contribution >= 0.6 is 0 Å². The highest BCUT2D eigenvalue weighted by Gasteiger charge is 2.04. The molecule has 1 N–H and O–H groups in total. The van der Waals surface area contributed by atoms with Crippen molar-refractivity contribution in [3.8, 4) is 0 Å². The molecular weight excluding hydrogens is 272 g/mol. The van der Waals surface area contributed by atoms with Gasteiger partial charge in [-0.25, -0.2) is 5.43 Å². The van der Waals surface area contributed by atoms with E-state index < -0.39 is 0 Å². The quantitative estimate of drug-likeness (QED) is 0.668. The zero-order valence-corrected chi connectivity index (χ0v) is 13.1. The summed E-state index contributed by atoms with van der Waals surface area (Å²) in [6.07, 6.45) is 3.65. The van der Waals surface area contributed by atoms with Crippen molar-refractivity contribution in [2.75, 3.05) is 0 Å². The number of aryl methyl sites for hydroxylation is 2. The van der Waals surface area contributed by atoms with Gasteiger partial charge in [-0.15, -0.1) is 0 Å². The molecule has 0 saturated heterocycles. The van der Waals surface area contributed by atoms with Crippen molar-refractivity contribution >= 4 is 18.2 Å². The maximum Gasteiger partial charge on any atom is 0.271 e. The minimum Gasteiger partial charge on any atom is -0.267 e. The Kier molecular flexibility index (Phi) is 5.26. The molecule has 0 fully saturated rings. The first-order valence-electron chi connectivity index (χ1n) is 7.20. The second kappa shape index (κ2) is 7.36. The molecule has 112 valence electrons. The Balaban J connectivity index is 1.98. The Morgan fingerprint density at radius 2 is 1.77 bits per heavy atom. The van der Waals surface area contributed by atoms with Gasteiger partial charge in [0.25, 0.3) is 5.91 Å². The first kappa shape index (κ1) is 15.7. The highest BCUT2D eigenvalue weighted by atomic mass is 16.2. The van der Waals surface area contributed by atoms with Gasteiger partial charge in [-0.2, -0.15) is 5.10 Å². The molecule has 0 bridgehead atoms. The number of allylic oxidation sites excluding steroid dienone is 1. The van der Waals surface area contributed by atoms with Crippen LogP contribution in [0.15, 0.2) is 59.2 Å². The molecule has 22 heavy (non-hydrogen) atoms. The lowest BCUT2D eigenvalue weighted by atomic mass is 10.1. The fraction of sp³-hybridized carbons (Fsp3) is 0.158. The number of hydrogen-bond donors (Lipinski definition) is 1. The van der Waals surface area contributed by atoms with E-state index in [0.29, 0.717) is 5.56 Å². The molecule has 0 aliphatic heterocycles. The van der Waals surface area contributed by atoms with Crippen molar-refractivity contribution in [2.24, 2.45) is 5.10 Å². The van der Waals surface area contributed by atoms with Gasteiger partial charge in [0, 0.05) is 5.56 Å². The van der Waals surface area contributed by atoms with E-state index in [-0.39, 0.29) is 5.91 Å². The molecule has 0 unspecified atom stereocenters. The summed E-state index contributed by atoms with van der Waals surface area (Å²) >= 11 is 0. The van der Waals surface area contributed by atoms with E-state index in [1.165, 1.54) is 5.56 Å². The highest BCUT2D eigenvalue weighted by Crippen LogP contribution is 2.09. The van der Waals surface area contributed by atoms with E-state index in [4.69, 9.17) is 0 Å². The van der Waals surface area contributed by atoms with Crippen LogP contribution < -0.4 is 5.43 Å². The summed E-state index contributed by atoms with van der Waals surface area (Å²) in [5.74, 6) is -0.202. The highest BCUT2D eigenvalue weighted by molar-refractivity contribution is 5.95. The van der Waals surface area contributed by atoms with Crippen molar-refractivity contribution in [3.63, 3.8) is 0 Å². The molecule has 0 aromatic heterocycles. The zero-order chi connectivity index (χ0) is 15.9. The Bertz CT molecular complexity index is 715. The molecule has 0 aliphatic carbocycles. The van der Waals surface area contributed by atoms with Crippen LogP contribution in [0.5, 0.6) is 0 Å². The number of benzene rings is 2. The molecule has 0 heterocycles. The Morgan fingerprint density at radius 3 is 2.45 bits per heavy atom. The average molecular weight is 292 g/mol. The van der Waals surface area contributed by atoms with Crippen LogP contribution in [0, 0.1) is 13.8 Å². The van der Waals surface area contributed by atoms with E-state index >= 15 is 0 Å². The number of rotatable bonds is 4. The summed E-state index contributed by atoms with van der Waals surface area (Å²) in [5, 5.41) is 4.00. The van der Waals surface area contributed by atoms with E-state index in [1.54, 1.807) is 12.3 Å². The van der Waals surface area contributed by atoms with Gasteiger partial charge in [0.05, 0.1) is 6.21 Å². The zero-order valence-electron chi connectivity index (χ0n) is 13.1. The summed E-state index contributed by atoms with van der Waals surface area (Å²) < 4.78 is 0. The van der Waals surface area contributed by atoms with E-state index in [2.05, 4.69) is 10.5 Å². The number of carbonyl (C=O) groups is 1. The van der Waals surface area contributed by atoms with Crippen LogP contribution in [0.1, 0.15) is 34.0 Å². The van der Waals surface area contributed by atoms with Crippen LogP contribution in [-0.2, 0) is 0 Å². The van der Waals surface area contributed by atoms with E-state index in [9.17, 15) is 4.79 Å². The van der Waals surface area contributed by atoms with Gasteiger partial charge < -0.3 is 0 Å². The van der Waals surface area contributed by atoms with Gasteiger partial charge >= 0.3 is 0 Å². The molecule has 0 radical (unpaired) electrons.